The molecule has 2 aliphatic rings. The van der Waals surface area contributed by atoms with Crippen LogP contribution >= 0.6 is 0 Å². The number of rotatable bonds is 3. The summed E-state index contributed by atoms with van der Waals surface area (Å²) in [6.45, 7) is -1.48. The van der Waals surface area contributed by atoms with Crippen molar-refractivity contribution in [1.82, 2.24) is 4.90 Å². The van der Waals surface area contributed by atoms with E-state index < -0.39 is 35.9 Å². The Morgan fingerprint density at radius 2 is 1.69 bits per heavy atom. The average Bonchev–Trinajstić information content (AvgIpc) is 2.89. The summed E-state index contributed by atoms with van der Waals surface area (Å²) >= 11 is 0. The van der Waals surface area contributed by atoms with Crippen molar-refractivity contribution >= 4 is 17.5 Å². The number of nitrogens with zero attached hydrogens (tertiary/aromatic N) is 2. The Hall–Kier alpha value is -3.16. The summed E-state index contributed by atoms with van der Waals surface area (Å²) in [7, 11) is 0. The highest BCUT2D eigenvalue weighted by Gasteiger charge is 2.58. The van der Waals surface area contributed by atoms with E-state index in [4.69, 9.17) is 0 Å². The van der Waals surface area contributed by atoms with E-state index in [1.165, 1.54) is 35.2 Å². The van der Waals surface area contributed by atoms with Crippen molar-refractivity contribution in [2.24, 2.45) is 0 Å². The van der Waals surface area contributed by atoms with Gasteiger partial charge in [-0.3, -0.25) is 9.59 Å². The molecular formula is C21H16F4N2O2. The maximum Gasteiger partial charge on any atom is 0.406 e. The second kappa shape index (κ2) is 6.72. The summed E-state index contributed by atoms with van der Waals surface area (Å²) in [4.78, 5) is 27.9. The molecule has 4 rings (SSSR count). The van der Waals surface area contributed by atoms with Crippen LogP contribution in [0.25, 0.3) is 0 Å². The van der Waals surface area contributed by atoms with E-state index in [1.54, 1.807) is 24.3 Å². The van der Waals surface area contributed by atoms with E-state index in [-0.39, 0.29) is 13.0 Å². The van der Waals surface area contributed by atoms with Crippen LogP contribution in [0.15, 0.2) is 60.7 Å². The van der Waals surface area contributed by atoms with Crippen LogP contribution in [0.2, 0.25) is 0 Å². The zero-order valence-electron chi connectivity index (χ0n) is 15.1. The third-order valence-corrected chi connectivity index (χ3v) is 5.23. The lowest BCUT2D eigenvalue weighted by Gasteiger charge is -2.41. The summed E-state index contributed by atoms with van der Waals surface area (Å²) in [6.07, 6.45) is -2.21. The van der Waals surface area contributed by atoms with Crippen LogP contribution in [-0.4, -0.2) is 29.4 Å². The van der Waals surface area contributed by atoms with Crippen LogP contribution in [0.1, 0.15) is 17.5 Å². The van der Waals surface area contributed by atoms with Gasteiger partial charge in [-0.1, -0.05) is 36.4 Å². The van der Waals surface area contributed by atoms with Crippen molar-refractivity contribution in [2.75, 3.05) is 11.4 Å². The summed E-state index contributed by atoms with van der Waals surface area (Å²) < 4.78 is 53.0. The van der Waals surface area contributed by atoms with Gasteiger partial charge in [0.2, 0.25) is 5.91 Å². The number of alkyl halides is 3. The standard InChI is InChI=1S/C21H16F4N2O2/c22-15-9-7-14(8-10-15)12-26-17-5-2-1-4-16(17)20(19(26)29)11-3-6-18(28)27(20)13-21(23,24)25/h1-10H,11-13H2. The molecule has 29 heavy (non-hydrogen) atoms. The van der Waals surface area contributed by atoms with Gasteiger partial charge in [-0.05, 0) is 29.8 Å². The number of carbonyl (C=O) groups is 2. The smallest absolute Gasteiger partial charge is 0.311 e. The first-order valence-corrected chi connectivity index (χ1v) is 8.93. The molecule has 1 unspecified atom stereocenters. The second-order valence-corrected chi connectivity index (χ2v) is 7.04. The molecule has 0 bridgehead atoms. The minimum Gasteiger partial charge on any atom is -0.311 e. The maximum absolute atomic E-state index is 13.5. The third-order valence-electron chi connectivity index (χ3n) is 5.23. The van der Waals surface area contributed by atoms with Gasteiger partial charge in [-0.2, -0.15) is 13.2 Å². The summed E-state index contributed by atoms with van der Waals surface area (Å²) in [5, 5.41) is 0. The molecule has 0 saturated carbocycles. The lowest BCUT2D eigenvalue weighted by atomic mass is 9.83. The van der Waals surface area contributed by atoms with Crippen LogP contribution < -0.4 is 4.90 Å². The number of carbonyl (C=O) groups excluding carboxylic acids is 2. The van der Waals surface area contributed by atoms with Gasteiger partial charge in [-0.15, -0.1) is 0 Å². The van der Waals surface area contributed by atoms with E-state index in [0.717, 1.165) is 6.08 Å². The second-order valence-electron chi connectivity index (χ2n) is 7.04. The quantitative estimate of drug-likeness (QED) is 0.728. The fraction of sp³-hybridized carbons (Fsp3) is 0.238. The number of fused-ring (bicyclic) bond motifs is 2. The van der Waals surface area contributed by atoms with Crippen molar-refractivity contribution in [3.63, 3.8) is 0 Å². The fourth-order valence-electron chi connectivity index (χ4n) is 4.00. The molecule has 8 heteroatoms. The summed E-state index contributed by atoms with van der Waals surface area (Å²) in [5.74, 6) is -1.90. The largest absolute Gasteiger partial charge is 0.406 e. The summed E-state index contributed by atoms with van der Waals surface area (Å²) in [5.41, 5.74) is -0.337. The van der Waals surface area contributed by atoms with Crippen molar-refractivity contribution in [3.05, 3.63) is 77.6 Å². The van der Waals surface area contributed by atoms with Gasteiger partial charge in [-0.25, -0.2) is 4.39 Å². The van der Waals surface area contributed by atoms with Crippen LogP contribution in [0.5, 0.6) is 0 Å². The molecule has 4 nitrogen and oxygen atoms in total. The molecule has 0 aliphatic carbocycles. The molecule has 0 saturated heterocycles. The molecule has 0 aromatic heterocycles. The Bertz CT molecular complexity index is 1000. The van der Waals surface area contributed by atoms with Crippen molar-refractivity contribution in [1.29, 1.82) is 0 Å². The highest BCUT2D eigenvalue weighted by Crippen LogP contribution is 2.49. The average molecular weight is 404 g/mol. The summed E-state index contributed by atoms with van der Waals surface area (Å²) in [6, 6.07) is 12.0. The van der Waals surface area contributed by atoms with E-state index in [0.29, 0.717) is 21.7 Å². The van der Waals surface area contributed by atoms with Gasteiger partial charge in [0.15, 0.2) is 5.54 Å². The molecule has 2 heterocycles. The zero-order valence-corrected chi connectivity index (χ0v) is 15.1. The molecule has 1 spiro atoms. The Morgan fingerprint density at radius 3 is 2.38 bits per heavy atom. The van der Waals surface area contributed by atoms with E-state index >= 15 is 0 Å². The van der Waals surface area contributed by atoms with Crippen LogP contribution in [0.3, 0.4) is 0 Å². The lowest BCUT2D eigenvalue weighted by molar-refractivity contribution is -0.174. The number of hydrogen-bond donors (Lipinski definition) is 0. The third kappa shape index (κ3) is 3.18. The first kappa shape index (κ1) is 19.2. The SMILES string of the molecule is O=C1C=CCC2(C(=O)N(Cc3ccc(F)cc3)c3ccccc32)N1CC(F)(F)F. The van der Waals surface area contributed by atoms with Gasteiger partial charge >= 0.3 is 6.18 Å². The van der Waals surface area contributed by atoms with Crippen LogP contribution in [0.4, 0.5) is 23.2 Å². The number of anilines is 1. The Labute approximate surface area is 164 Å². The Balaban J connectivity index is 1.81. The van der Waals surface area contributed by atoms with Crippen LogP contribution in [0, 0.1) is 5.82 Å². The Morgan fingerprint density at radius 1 is 1.00 bits per heavy atom. The molecule has 2 aliphatic heterocycles. The van der Waals surface area contributed by atoms with E-state index in [1.807, 2.05) is 0 Å². The predicted molar refractivity (Wildman–Crippen MR) is 97.2 cm³/mol. The monoisotopic (exact) mass is 404 g/mol. The maximum atomic E-state index is 13.5. The number of amides is 2. The van der Waals surface area contributed by atoms with Crippen molar-refractivity contribution < 1.29 is 27.2 Å². The molecule has 2 amide bonds. The zero-order chi connectivity index (χ0) is 20.8. The normalized spacial score (nSPS) is 21.2. The molecular weight excluding hydrogens is 388 g/mol. The van der Waals surface area contributed by atoms with Gasteiger partial charge in [0.25, 0.3) is 5.91 Å². The minimum absolute atomic E-state index is 0.0510. The highest BCUT2D eigenvalue weighted by atomic mass is 19.4. The van der Waals surface area contributed by atoms with Gasteiger partial charge < -0.3 is 9.80 Å². The molecule has 0 fully saturated rings. The van der Waals surface area contributed by atoms with Gasteiger partial charge in [0, 0.05) is 12.0 Å². The number of halogens is 4. The van der Waals surface area contributed by atoms with Gasteiger partial charge in [0.1, 0.15) is 12.4 Å². The minimum atomic E-state index is -4.66. The van der Waals surface area contributed by atoms with Crippen LogP contribution in [-0.2, 0) is 21.7 Å². The number of benzene rings is 2. The molecule has 2 aromatic carbocycles. The Kier molecular flexibility index (Phi) is 4.44. The van der Waals surface area contributed by atoms with Crippen molar-refractivity contribution in [2.45, 2.75) is 24.7 Å². The first-order chi connectivity index (χ1) is 13.7. The topological polar surface area (TPSA) is 40.6 Å². The molecule has 150 valence electrons. The highest BCUT2D eigenvalue weighted by molar-refractivity contribution is 6.11. The lowest BCUT2D eigenvalue weighted by Crippen LogP contribution is -2.58. The molecule has 1 atom stereocenters. The fourth-order valence-corrected chi connectivity index (χ4v) is 4.00. The molecule has 0 N–H and O–H groups in total. The number of hydrogen-bond acceptors (Lipinski definition) is 2. The van der Waals surface area contributed by atoms with Crippen molar-refractivity contribution in [3.8, 4) is 0 Å². The number of para-hydroxylation sites is 1. The van der Waals surface area contributed by atoms with E-state index in [2.05, 4.69) is 0 Å². The van der Waals surface area contributed by atoms with E-state index in [9.17, 15) is 27.2 Å². The molecule has 2 aromatic rings. The first-order valence-electron chi connectivity index (χ1n) is 8.93. The molecule has 0 radical (unpaired) electrons. The van der Waals surface area contributed by atoms with Gasteiger partial charge in [0.05, 0.1) is 12.2 Å². The predicted octanol–water partition coefficient (Wildman–Crippen LogP) is 3.92.